The summed E-state index contributed by atoms with van der Waals surface area (Å²) in [7, 11) is 5.26. The van der Waals surface area contributed by atoms with Crippen molar-refractivity contribution in [2.75, 3.05) is 38.4 Å². The Balaban J connectivity index is 1.78. The Morgan fingerprint density at radius 2 is 1.86 bits per heavy atom. The highest BCUT2D eigenvalue weighted by molar-refractivity contribution is 6.06. The van der Waals surface area contributed by atoms with Crippen molar-refractivity contribution in [2.24, 2.45) is 0 Å². The van der Waals surface area contributed by atoms with Crippen LogP contribution in [0.25, 0.3) is 10.9 Å². The van der Waals surface area contributed by atoms with E-state index in [1.165, 1.54) is 0 Å². The first-order chi connectivity index (χ1) is 13.4. The third-order valence-electron chi connectivity index (χ3n) is 4.30. The normalized spacial score (nSPS) is 10.9. The van der Waals surface area contributed by atoms with Gasteiger partial charge in [-0.3, -0.25) is 9.59 Å². The molecule has 7 heteroatoms. The van der Waals surface area contributed by atoms with Crippen LogP contribution < -0.4 is 15.4 Å². The summed E-state index contributed by atoms with van der Waals surface area (Å²) in [4.78, 5) is 29.6. The molecule has 0 atom stereocenters. The number of anilines is 2. The summed E-state index contributed by atoms with van der Waals surface area (Å²) in [6, 6.07) is 12.8. The number of rotatable bonds is 6. The van der Waals surface area contributed by atoms with Gasteiger partial charge in [0.2, 0.25) is 5.91 Å². The molecule has 0 aliphatic heterocycles. The van der Waals surface area contributed by atoms with E-state index in [9.17, 15) is 9.59 Å². The number of aromatic amines is 1. The van der Waals surface area contributed by atoms with Crippen molar-refractivity contribution in [3.8, 4) is 5.75 Å². The fraction of sp³-hybridized carbons (Fsp3) is 0.238. The first-order valence-electron chi connectivity index (χ1n) is 8.89. The number of fused-ring (bicyclic) bond motifs is 1. The van der Waals surface area contributed by atoms with Crippen LogP contribution in [0.15, 0.2) is 42.5 Å². The van der Waals surface area contributed by atoms with Gasteiger partial charge in [-0.25, -0.2) is 0 Å². The number of nitrogens with one attached hydrogen (secondary N) is 3. The second-order valence-electron chi connectivity index (χ2n) is 6.91. The Labute approximate surface area is 163 Å². The minimum absolute atomic E-state index is 0.115. The standard InChI is InChI=1S/C21H24N4O3/c1-13-5-6-15(22-20(26)12-25(2)3)11-18(13)24-21(27)19-10-14-9-16(28-4)7-8-17(14)23-19/h5-11,23H,12H2,1-4H3,(H,22,26)(H,24,27). The third kappa shape index (κ3) is 4.50. The highest BCUT2D eigenvalue weighted by Crippen LogP contribution is 2.24. The maximum Gasteiger partial charge on any atom is 0.272 e. The monoisotopic (exact) mass is 380 g/mol. The van der Waals surface area contributed by atoms with E-state index in [-0.39, 0.29) is 18.4 Å². The van der Waals surface area contributed by atoms with Crippen molar-refractivity contribution in [3.63, 3.8) is 0 Å². The van der Waals surface area contributed by atoms with Crippen LogP contribution in [0.4, 0.5) is 11.4 Å². The molecular formula is C21H24N4O3. The number of benzene rings is 2. The molecule has 1 aromatic heterocycles. The predicted molar refractivity (Wildman–Crippen MR) is 111 cm³/mol. The number of ether oxygens (including phenoxy) is 1. The quantitative estimate of drug-likeness (QED) is 0.613. The molecule has 1 heterocycles. The molecule has 0 fully saturated rings. The molecule has 0 radical (unpaired) electrons. The van der Waals surface area contributed by atoms with Gasteiger partial charge in [0.05, 0.1) is 13.7 Å². The number of hydrogen-bond acceptors (Lipinski definition) is 4. The first kappa shape index (κ1) is 19.4. The summed E-state index contributed by atoms with van der Waals surface area (Å²) in [6.07, 6.45) is 0. The summed E-state index contributed by atoms with van der Waals surface area (Å²) in [5, 5.41) is 6.64. The number of aromatic nitrogens is 1. The number of hydrogen-bond donors (Lipinski definition) is 3. The van der Waals surface area contributed by atoms with E-state index in [0.717, 1.165) is 22.2 Å². The SMILES string of the molecule is COc1ccc2[nH]c(C(=O)Nc3cc(NC(=O)CN(C)C)ccc3C)cc2c1. The number of carbonyl (C=O) groups is 2. The number of amides is 2. The van der Waals surface area contributed by atoms with Crippen molar-refractivity contribution in [3.05, 3.63) is 53.7 Å². The first-order valence-corrected chi connectivity index (χ1v) is 8.89. The van der Waals surface area contributed by atoms with Crippen molar-refractivity contribution in [1.82, 2.24) is 9.88 Å². The summed E-state index contributed by atoms with van der Waals surface area (Å²) < 4.78 is 5.22. The van der Waals surface area contributed by atoms with Crippen LogP contribution in [0, 0.1) is 6.92 Å². The van der Waals surface area contributed by atoms with Crippen LogP contribution in [-0.2, 0) is 4.79 Å². The molecule has 0 saturated carbocycles. The maximum atomic E-state index is 12.7. The highest BCUT2D eigenvalue weighted by atomic mass is 16.5. The van der Waals surface area contributed by atoms with E-state index in [0.29, 0.717) is 17.1 Å². The lowest BCUT2D eigenvalue weighted by molar-refractivity contribution is -0.116. The minimum atomic E-state index is -0.255. The van der Waals surface area contributed by atoms with Gasteiger partial charge >= 0.3 is 0 Å². The van der Waals surface area contributed by atoms with Gasteiger partial charge in [0, 0.05) is 22.3 Å². The van der Waals surface area contributed by atoms with Gasteiger partial charge in [-0.2, -0.15) is 0 Å². The number of H-pyrrole nitrogens is 1. The van der Waals surface area contributed by atoms with Gasteiger partial charge < -0.3 is 25.3 Å². The van der Waals surface area contributed by atoms with Crippen molar-refractivity contribution < 1.29 is 14.3 Å². The van der Waals surface area contributed by atoms with Crippen LogP contribution in [0.3, 0.4) is 0 Å². The van der Waals surface area contributed by atoms with E-state index in [1.54, 1.807) is 24.1 Å². The van der Waals surface area contributed by atoms with E-state index in [4.69, 9.17) is 4.74 Å². The molecule has 7 nitrogen and oxygen atoms in total. The van der Waals surface area contributed by atoms with Gasteiger partial charge in [-0.15, -0.1) is 0 Å². The average Bonchev–Trinajstić information content (AvgIpc) is 3.07. The molecule has 3 rings (SSSR count). The lowest BCUT2D eigenvalue weighted by Crippen LogP contribution is -2.27. The summed E-state index contributed by atoms with van der Waals surface area (Å²) >= 11 is 0. The number of likely N-dealkylation sites (N-methyl/N-ethyl adjacent to an activating group) is 1. The summed E-state index contributed by atoms with van der Waals surface area (Å²) in [5.74, 6) is 0.362. The minimum Gasteiger partial charge on any atom is -0.497 e. The zero-order valence-corrected chi connectivity index (χ0v) is 16.4. The van der Waals surface area contributed by atoms with Gasteiger partial charge in [0.25, 0.3) is 5.91 Å². The Morgan fingerprint density at radius 1 is 1.07 bits per heavy atom. The van der Waals surface area contributed by atoms with Crippen molar-refractivity contribution in [1.29, 1.82) is 0 Å². The van der Waals surface area contributed by atoms with Crippen LogP contribution in [0.5, 0.6) is 5.75 Å². The second-order valence-corrected chi connectivity index (χ2v) is 6.91. The molecule has 28 heavy (non-hydrogen) atoms. The van der Waals surface area contributed by atoms with Crippen LogP contribution >= 0.6 is 0 Å². The second kappa shape index (κ2) is 8.14. The van der Waals surface area contributed by atoms with Crippen molar-refractivity contribution >= 4 is 34.1 Å². The molecular weight excluding hydrogens is 356 g/mol. The fourth-order valence-electron chi connectivity index (χ4n) is 2.87. The lowest BCUT2D eigenvalue weighted by Gasteiger charge is -2.13. The smallest absolute Gasteiger partial charge is 0.272 e. The molecule has 146 valence electrons. The maximum absolute atomic E-state index is 12.7. The van der Waals surface area contributed by atoms with Crippen LogP contribution in [-0.4, -0.2) is 49.4 Å². The van der Waals surface area contributed by atoms with Gasteiger partial charge in [-0.1, -0.05) is 6.07 Å². The molecule has 0 bridgehead atoms. The molecule has 0 saturated heterocycles. The Kier molecular flexibility index (Phi) is 5.65. The summed E-state index contributed by atoms with van der Waals surface area (Å²) in [5.41, 5.74) is 3.48. The molecule has 3 N–H and O–H groups in total. The molecule has 3 aromatic rings. The Hall–Kier alpha value is -3.32. The molecule has 2 amide bonds. The van der Waals surface area contributed by atoms with Crippen LogP contribution in [0.2, 0.25) is 0 Å². The molecule has 0 unspecified atom stereocenters. The molecule has 0 spiro atoms. The van der Waals surface area contributed by atoms with Crippen LogP contribution in [0.1, 0.15) is 16.1 Å². The lowest BCUT2D eigenvalue weighted by atomic mass is 10.1. The zero-order chi connectivity index (χ0) is 20.3. The number of methoxy groups -OCH3 is 1. The van der Waals surface area contributed by atoms with Gasteiger partial charge in [0.1, 0.15) is 11.4 Å². The number of aryl methyl sites for hydroxylation is 1. The summed E-state index contributed by atoms with van der Waals surface area (Å²) in [6.45, 7) is 2.19. The van der Waals surface area contributed by atoms with E-state index >= 15 is 0 Å². The topological polar surface area (TPSA) is 86.5 Å². The largest absolute Gasteiger partial charge is 0.497 e. The third-order valence-corrected chi connectivity index (χ3v) is 4.30. The Morgan fingerprint density at radius 3 is 2.57 bits per heavy atom. The highest BCUT2D eigenvalue weighted by Gasteiger charge is 2.13. The number of carbonyl (C=O) groups excluding carboxylic acids is 2. The molecule has 0 aliphatic carbocycles. The van der Waals surface area contributed by atoms with E-state index < -0.39 is 0 Å². The molecule has 0 aliphatic rings. The van der Waals surface area contributed by atoms with Gasteiger partial charge in [-0.05, 0) is 63.0 Å². The van der Waals surface area contributed by atoms with Gasteiger partial charge in [0.15, 0.2) is 0 Å². The predicted octanol–water partition coefficient (Wildman–Crippen LogP) is 3.24. The number of nitrogens with zero attached hydrogens (tertiary/aromatic N) is 1. The fourth-order valence-corrected chi connectivity index (χ4v) is 2.87. The molecule has 2 aromatic carbocycles. The zero-order valence-electron chi connectivity index (χ0n) is 16.4. The van der Waals surface area contributed by atoms with E-state index in [2.05, 4.69) is 15.6 Å². The van der Waals surface area contributed by atoms with E-state index in [1.807, 2.05) is 51.4 Å². The Bertz CT molecular complexity index is 1020. The average molecular weight is 380 g/mol. The van der Waals surface area contributed by atoms with Crippen molar-refractivity contribution in [2.45, 2.75) is 6.92 Å².